The molecule has 0 unspecified atom stereocenters. The van der Waals surface area contributed by atoms with Crippen LogP contribution in [0.5, 0.6) is 0 Å². The molecule has 6 nitrogen and oxygen atoms in total. The summed E-state index contributed by atoms with van der Waals surface area (Å²) in [6.45, 7) is 7.91. The number of rotatable bonds is 7. The molecule has 0 fully saturated rings. The van der Waals surface area contributed by atoms with E-state index in [0.29, 0.717) is 5.92 Å². The van der Waals surface area contributed by atoms with Crippen LogP contribution >= 0.6 is 0 Å². The molecule has 6 heteroatoms. The molecule has 0 saturated heterocycles. The van der Waals surface area contributed by atoms with E-state index in [2.05, 4.69) is 46.4 Å². The van der Waals surface area contributed by atoms with Crippen LogP contribution < -0.4 is 10.6 Å². The Hall–Kier alpha value is -2.11. The normalized spacial score (nSPS) is 10.9. The first-order valence-corrected chi connectivity index (χ1v) is 7.43. The third-order valence-electron chi connectivity index (χ3n) is 3.19. The quantitative estimate of drug-likeness (QED) is 0.819. The third-order valence-corrected chi connectivity index (χ3v) is 3.19. The fourth-order valence-electron chi connectivity index (χ4n) is 2.03. The van der Waals surface area contributed by atoms with Gasteiger partial charge in [0, 0.05) is 50.9 Å². The van der Waals surface area contributed by atoms with Crippen LogP contribution in [-0.2, 0) is 13.5 Å². The van der Waals surface area contributed by atoms with Gasteiger partial charge in [0.25, 0.3) is 0 Å². The zero-order chi connectivity index (χ0) is 15.2. The van der Waals surface area contributed by atoms with Crippen LogP contribution in [0.1, 0.15) is 38.3 Å². The van der Waals surface area contributed by atoms with E-state index in [1.165, 1.54) is 0 Å². The first-order chi connectivity index (χ1) is 10.1. The van der Waals surface area contributed by atoms with Gasteiger partial charge < -0.3 is 15.2 Å². The molecule has 0 aliphatic carbocycles. The predicted octanol–water partition coefficient (Wildman–Crippen LogP) is 2.42. The summed E-state index contributed by atoms with van der Waals surface area (Å²) in [6.07, 6.45) is 4.64. The van der Waals surface area contributed by atoms with E-state index in [0.717, 1.165) is 42.8 Å². The van der Waals surface area contributed by atoms with E-state index in [4.69, 9.17) is 0 Å². The van der Waals surface area contributed by atoms with Crippen LogP contribution in [-0.4, -0.2) is 32.6 Å². The van der Waals surface area contributed by atoms with Crippen molar-refractivity contribution in [2.75, 3.05) is 23.7 Å². The van der Waals surface area contributed by atoms with Gasteiger partial charge in [0.1, 0.15) is 23.3 Å². The lowest BCUT2D eigenvalue weighted by Gasteiger charge is -2.12. The number of anilines is 2. The van der Waals surface area contributed by atoms with Crippen LogP contribution in [0.25, 0.3) is 0 Å². The molecule has 0 spiro atoms. The highest BCUT2D eigenvalue weighted by Gasteiger charge is 2.08. The molecule has 0 atom stereocenters. The molecule has 0 radical (unpaired) electrons. The Morgan fingerprint density at radius 3 is 2.48 bits per heavy atom. The number of aromatic nitrogens is 4. The van der Waals surface area contributed by atoms with Crippen molar-refractivity contribution in [1.82, 2.24) is 19.5 Å². The highest BCUT2D eigenvalue weighted by Crippen LogP contribution is 2.16. The summed E-state index contributed by atoms with van der Waals surface area (Å²) in [6, 6.07) is 1.95. The first kappa shape index (κ1) is 15.3. The summed E-state index contributed by atoms with van der Waals surface area (Å²) in [5, 5.41) is 6.61. The summed E-state index contributed by atoms with van der Waals surface area (Å²) >= 11 is 0. The summed E-state index contributed by atoms with van der Waals surface area (Å²) in [4.78, 5) is 13.4. The van der Waals surface area contributed by atoms with Gasteiger partial charge >= 0.3 is 0 Å². The van der Waals surface area contributed by atoms with Gasteiger partial charge in [-0.25, -0.2) is 15.0 Å². The van der Waals surface area contributed by atoms with Gasteiger partial charge in [-0.15, -0.1) is 0 Å². The van der Waals surface area contributed by atoms with Crippen LogP contribution in [0, 0.1) is 0 Å². The molecule has 2 N–H and O–H groups in total. The Balaban J connectivity index is 2.02. The number of hydrogen-bond donors (Lipinski definition) is 2. The molecule has 21 heavy (non-hydrogen) atoms. The minimum atomic E-state index is 0.304. The average molecular weight is 288 g/mol. The number of nitrogens with zero attached hydrogens (tertiary/aromatic N) is 4. The second kappa shape index (κ2) is 7.06. The monoisotopic (exact) mass is 288 g/mol. The molecule has 0 amide bonds. The Kier molecular flexibility index (Phi) is 5.14. The van der Waals surface area contributed by atoms with Crippen molar-refractivity contribution in [3.05, 3.63) is 30.1 Å². The molecule has 0 bridgehead atoms. The van der Waals surface area contributed by atoms with Gasteiger partial charge in [-0.05, 0) is 6.92 Å². The second-order valence-corrected chi connectivity index (χ2v) is 5.31. The van der Waals surface area contributed by atoms with Gasteiger partial charge in [0.05, 0.1) is 0 Å². The van der Waals surface area contributed by atoms with Crippen LogP contribution in [0.15, 0.2) is 18.5 Å². The van der Waals surface area contributed by atoms with E-state index < -0.39 is 0 Å². The number of hydrogen-bond acceptors (Lipinski definition) is 5. The maximum Gasteiger partial charge on any atom is 0.135 e. The average Bonchev–Trinajstić information content (AvgIpc) is 2.84. The first-order valence-electron chi connectivity index (χ1n) is 7.43. The van der Waals surface area contributed by atoms with Crippen molar-refractivity contribution in [3.8, 4) is 0 Å². The maximum absolute atomic E-state index is 4.57. The summed E-state index contributed by atoms with van der Waals surface area (Å²) in [5.74, 6) is 3.95. The van der Waals surface area contributed by atoms with Crippen molar-refractivity contribution in [2.45, 2.75) is 33.1 Å². The van der Waals surface area contributed by atoms with Crippen LogP contribution in [0.2, 0.25) is 0 Å². The zero-order valence-corrected chi connectivity index (χ0v) is 13.2. The van der Waals surface area contributed by atoms with Crippen molar-refractivity contribution in [1.29, 1.82) is 0 Å². The van der Waals surface area contributed by atoms with E-state index in [1.54, 1.807) is 0 Å². The smallest absolute Gasteiger partial charge is 0.135 e. The van der Waals surface area contributed by atoms with Crippen molar-refractivity contribution in [3.63, 3.8) is 0 Å². The lowest BCUT2D eigenvalue weighted by atomic mass is 10.2. The molecule has 2 heterocycles. The molecule has 0 aliphatic heterocycles. The van der Waals surface area contributed by atoms with Gasteiger partial charge in [0.15, 0.2) is 0 Å². The Morgan fingerprint density at radius 1 is 1.19 bits per heavy atom. The molecule has 2 aromatic rings. The van der Waals surface area contributed by atoms with Crippen molar-refractivity contribution in [2.24, 2.45) is 7.05 Å². The maximum atomic E-state index is 4.57. The third kappa shape index (κ3) is 4.18. The van der Waals surface area contributed by atoms with Crippen LogP contribution in [0.4, 0.5) is 11.6 Å². The van der Waals surface area contributed by atoms with E-state index >= 15 is 0 Å². The minimum absolute atomic E-state index is 0.304. The van der Waals surface area contributed by atoms with E-state index in [9.17, 15) is 0 Å². The largest absolute Gasteiger partial charge is 0.370 e. The molecule has 0 aliphatic rings. The Labute approximate surface area is 126 Å². The molecular formula is C15H24N6. The van der Waals surface area contributed by atoms with Gasteiger partial charge in [-0.2, -0.15) is 0 Å². The predicted molar refractivity (Wildman–Crippen MR) is 85.7 cm³/mol. The fraction of sp³-hybridized carbons (Fsp3) is 0.533. The topological polar surface area (TPSA) is 67.7 Å². The molecule has 0 aromatic carbocycles. The molecule has 2 aromatic heterocycles. The van der Waals surface area contributed by atoms with Crippen LogP contribution in [0.3, 0.4) is 0 Å². The van der Waals surface area contributed by atoms with Gasteiger partial charge in [-0.3, -0.25) is 0 Å². The summed E-state index contributed by atoms with van der Waals surface area (Å²) in [7, 11) is 2.01. The highest BCUT2D eigenvalue weighted by molar-refractivity contribution is 5.47. The molecule has 0 saturated carbocycles. The van der Waals surface area contributed by atoms with E-state index in [1.807, 2.05) is 30.1 Å². The summed E-state index contributed by atoms with van der Waals surface area (Å²) < 4.78 is 2.03. The highest BCUT2D eigenvalue weighted by atomic mass is 15.1. The van der Waals surface area contributed by atoms with Crippen molar-refractivity contribution < 1.29 is 0 Å². The second-order valence-electron chi connectivity index (χ2n) is 5.31. The Bertz CT molecular complexity index is 575. The molecular weight excluding hydrogens is 264 g/mol. The lowest BCUT2D eigenvalue weighted by Crippen LogP contribution is -2.12. The SMILES string of the molecule is CCNc1cc(NCCc2nccn2C)nc(C(C)C)n1. The number of imidazole rings is 1. The fourth-order valence-corrected chi connectivity index (χ4v) is 2.03. The van der Waals surface area contributed by atoms with Crippen molar-refractivity contribution >= 4 is 11.6 Å². The van der Waals surface area contributed by atoms with Gasteiger partial charge in [-0.1, -0.05) is 13.8 Å². The number of aryl methyl sites for hydroxylation is 1. The standard InChI is InChI=1S/C15H24N6/c1-5-16-12-10-13(20-15(19-12)11(2)3)17-7-6-14-18-8-9-21(14)4/h8-11H,5-7H2,1-4H3,(H2,16,17,19,20). The Morgan fingerprint density at radius 2 is 1.90 bits per heavy atom. The minimum Gasteiger partial charge on any atom is -0.370 e. The van der Waals surface area contributed by atoms with Gasteiger partial charge in [0.2, 0.25) is 0 Å². The molecule has 114 valence electrons. The zero-order valence-electron chi connectivity index (χ0n) is 13.2. The molecule has 2 rings (SSSR count). The lowest BCUT2D eigenvalue weighted by molar-refractivity contribution is 0.768. The van der Waals surface area contributed by atoms with E-state index in [-0.39, 0.29) is 0 Å². The summed E-state index contributed by atoms with van der Waals surface area (Å²) in [5.41, 5.74) is 0. The number of nitrogens with one attached hydrogen (secondary N) is 2.